The third-order valence-corrected chi connectivity index (χ3v) is 5.32. The summed E-state index contributed by atoms with van der Waals surface area (Å²) in [7, 11) is -5.09. The molecule has 1 rings (SSSR count). The number of nitrogens with zero attached hydrogens (tertiary/aromatic N) is 1. The van der Waals surface area contributed by atoms with Gasteiger partial charge >= 0.3 is 13.6 Å². The molecule has 0 aromatic carbocycles. The fourth-order valence-electron chi connectivity index (χ4n) is 2.47. The van der Waals surface area contributed by atoms with Crippen LogP contribution >= 0.6 is 7.60 Å². The normalized spacial score (nSPS) is 21.5. The minimum Gasteiger partial charge on any atom is -1.00 e. The van der Waals surface area contributed by atoms with E-state index in [9.17, 15) is 14.5 Å². The van der Waals surface area contributed by atoms with Gasteiger partial charge in [0.05, 0.1) is 26.2 Å². The zero-order chi connectivity index (χ0) is 14.0. The van der Waals surface area contributed by atoms with Gasteiger partial charge in [0, 0.05) is 19.3 Å². The molecule has 19 heavy (non-hydrogen) atoms. The highest BCUT2D eigenvalue weighted by molar-refractivity contribution is 7.54. The second kappa shape index (κ2) is 6.82. The van der Waals surface area contributed by atoms with Crippen molar-refractivity contribution >= 4 is 13.6 Å². The van der Waals surface area contributed by atoms with Crippen molar-refractivity contribution in [1.29, 1.82) is 0 Å². The van der Waals surface area contributed by atoms with Crippen LogP contribution < -0.4 is 24.0 Å². The third-order valence-electron chi connectivity index (χ3n) is 3.94. The molecule has 1 atom stereocenters. The number of carboxylic acid groups (broad SMARTS) is 1. The van der Waals surface area contributed by atoms with E-state index in [0.29, 0.717) is 4.48 Å². The Morgan fingerprint density at radius 2 is 1.79 bits per heavy atom. The van der Waals surface area contributed by atoms with Crippen LogP contribution in [0.2, 0.25) is 0 Å². The van der Waals surface area contributed by atoms with Gasteiger partial charge < -0.3 is 48.5 Å². The Hall–Kier alpha value is 0.270. The minimum atomic E-state index is -5.09. The Labute approximate surface area is 129 Å². The summed E-state index contributed by atoms with van der Waals surface area (Å²) in [6.07, 6.45) is 1.62. The number of aliphatic carboxylic acids is 1. The molecule has 1 aliphatic heterocycles. The van der Waals surface area contributed by atoms with Crippen molar-refractivity contribution in [3.63, 3.8) is 0 Å². The van der Waals surface area contributed by atoms with Crippen LogP contribution in [-0.2, 0) is 9.36 Å². The highest BCUT2D eigenvalue weighted by Crippen LogP contribution is 2.51. The van der Waals surface area contributed by atoms with Gasteiger partial charge in [0.1, 0.15) is 0 Å². The lowest BCUT2D eigenvalue weighted by Gasteiger charge is -2.35. The van der Waals surface area contributed by atoms with E-state index in [1.54, 1.807) is 0 Å². The van der Waals surface area contributed by atoms with Gasteiger partial charge in [0.2, 0.25) is 0 Å². The molecule has 9 heteroatoms. The number of hydrogen-bond acceptors (Lipinski definition) is 3. The van der Waals surface area contributed by atoms with E-state index >= 15 is 0 Å². The Balaban J connectivity index is 0.00000324. The molecular weight excluding hydrogens is 388 g/mol. The van der Waals surface area contributed by atoms with Crippen molar-refractivity contribution in [2.45, 2.75) is 31.5 Å². The zero-order valence-corrected chi connectivity index (χ0v) is 13.9. The summed E-state index contributed by atoms with van der Waals surface area (Å²) in [6.45, 7) is 4.74. The van der Waals surface area contributed by atoms with E-state index < -0.39 is 25.3 Å². The maximum absolute atomic E-state index is 11.1. The summed E-state index contributed by atoms with van der Waals surface area (Å²) in [5, 5.41) is 15.6. The van der Waals surface area contributed by atoms with Crippen LogP contribution in [0.1, 0.15) is 26.2 Å². The molecule has 0 spiro atoms. The van der Waals surface area contributed by atoms with Gasteiger partial charge in [-0.25, -0.2) is 4.79 Å². The highest BCUT2D eigenvalue weighted by Gasteiger charge is 2.54. The first-order valence-corrected chi connectivity index (χ1v) is 7.65. The van der Waals surface area contributed by atoms with Crippen molar-refractivity contribution in [3.05, 3.63) is 0 Å². The van der Waals surface area contributed by atoms with Gasteiger partial charge in [0.15, 0.2) is 0 Å². The first-order chi connectivity index (χ1) is 8.17. The molecule has 0 radical (unpaired) electrons. The molecule has 7 nitrogen and oxygen atoms in total. The van der Waals surface area contributed by atoms with Crippen molar-refractivity contribution < 1.29 is 57.8 Å². The van der Waals surface area contributed by atoms with Crippen LogP contribution in [0, 0.1) is 0 Å². The molecule has 0 saturated carbocycles. The van der Waals surface area contributed by atoms with Gasteiger partial charge in [0.25, 0.3) is 5.34 Å². The molecule has 0 aromatic rings. The zero-order valence-electron chi connectivity index (χ0n) is 10.8. The van der Waals surface area contributed by atoms with Gasteiger partial charge in [-0.05, 0) is 6.92 Å². The minimum absolute atomic E-state index is 0. The van der Waals surface area contributed by atoms with Gasteiger partial charge in [-0.1, -0.05) is 0 Å². The van der Waals surface area contributed by atoms with Crippen LogP contribution in [0.15, 0.2) is 0 Å². The fourth-order valence-corrected chi connectivity index (χ4v) is 3.11. The first-order valence-electron chi connectivity index (χ1n) is 6.03. The standard InChI is InChI=1S/C10H20NO6P.HI/c1-2-11(6-3-4-7-11)8-5-10(14,9(12)13)18(15,16)17;/h14H,2-8H2,1H3,(H2-,12,13,15,16,17);1H. The number of quaternary nitrogens is 1. The predicted octanol–water partition coefficient (Wildman–Crippen LogP) is -3.04. The summed E-state index contributed by atoms with van der Waals surface area (Å²) >= 11 is 0. The molecule has 0 bridgehead atoms. The van der Waals surface area contributed by atoms with Crippen molar-refractivity contribution in [3.8, 4) is 0 Å². The van der Waals surface area contributed by atoms with E-state index in [0.717, 1.165) is 32.5 Å². The molecule has 1 heterocycles. The number of carbonyl (C=O) groups is 1. The Morgan fingerprint density at radius 1 is 1.32 bits per heavy atom. The lowest BCUT2D eigenvalue weighted by atomic mass is 10.2. The van der Waals surface area contributed by atoms with Crippen LogP contribution in [0.5, 0.6) is 0 Å². The van der Waals surface area contributed by atoms with Gasteiger partial charge in [-0.3, -0.25) is 4.57 Å². The topological polar surface area (TPSA) is 115 Å². The fraction of sp³-hybridized carbons (Fsp3) is 0.900. The number of halogens is 1. The number of carboxylic acids is 1. The van der Waals surface area contributed by atoms with Gasteiger partial charge in [-0.2, -0.15) is 0 Å². The summed E-state index contributed by atoms with van der Waals surface area (Å²) < 4.78 is 11.8. The van der Waals surface area contributed by atoms with Crippen LogP contribution in [0.3, 0.4) is 0 Å². The van der Waals surface area contributed by atoms with E-state index in [4.69, 9.17) is 14.9 Å². The Kier molecular flexibility index (Phi) is 6.92. The van der Waals surface area contributed by atoms with Crippen LogP contribution in [0.4, 0.5) is 0 Å². The SMILES string of the molecule is CC[N+]1(CCC(O)(C(=O)O)P(=O)(O)O)CCCC1.[I-]. The molecule has 1 saturated heterocycles. The molecule has 114 valence electrons. The molecule has 0 amide bonds. The summed E-state index contributed by atoms with van der Waals surface area (Å²) in [5.41, 5.74) is 0. The molecule has 1 aliphatic rings. The van der Waals surface area contributed by atoms with E-state index in [2.05, 4.69) is 0 Å². The molecule has 0 aromatic heterocycles. The lowest BCUT2D eigenvalue weighted by molar-refractivity contribution is -0.915. The second-order valence-corrected chi connectivity index (χ2v) is 6.78. The second-order valence-electron chi connectivity index (χ2n) is 4.95. The van der Waals surface area contributed by atoms with E-state index in [1.807, 2.05) is 6.92 Å². The average Bonchev–Trinajstić information content (AvgIpc) is 2.73. The van der Waals surface area contributed by atoms with E-state index in [-0.39, 0.29) is 30.5 Å². The number of rotatable bonds is 6. The maximum atomic E-state index is 11.1. The smallest absolute Gasteiger partial charge is 0.368 e. The average molecular weight is 409 g/mol. The lowest BCUT2D eigenvalue weighted by Crippen LogP contribution is -3.00. The largest absolute Gasteiger partial charge is 1.00 e. The maximum Gasteiger partial charge on any atom is 0.368 e. The highest BCUT2D eigenvalue weighted by atomic mass is 127. The summed E-state index contributed by atoms with van der Waals surface area (Å²) in [6, 6.07) is 0. The molecule has 0 aliphatic carbocycles. The third kappa shape index (κ3) is 4.12. The molecule has 1 unspecified atom stereocenters. The quantitative estimate of drug-likeness (QED) is 0.211. The molecule has 1 fully saturated rings. The van der Waals surface area contributed by atoms with Crippen molar-refractivity contribution in [2.75, 3.05) is 26.2 Å². The Morgan fingerprint density at radius 3 is 2.11 bits per heavy atom. The van der Waals surface area contributed by atoms with Crippen LogP contribution in [0.25, 0.3) is 0 Å². The van der Waals surface area contributed by atoms with Crippen molar-refractivity contribution in [2.24, 2.45) is 0 Å². The van der Waals surface area contributed by atoms with Crippen LogP contribution in [-0.4, -0.2) is 62.0 Å². The predicted molar refractivity (Wildman–Crippen MR) is 63.9 cm³/mol. The monoisotopic (exact) mass is 409 g/mol. The first kappa shape index (κ1) is 19.3. The molecule has 4 N–H and O–H groups in total. The number of hydrogen-bond donors (Lipinski definition) is 4. The van der Waals surface area contributed by atoms with Gasteiger partial charge in [-0.15, -0.1) is 0 Å². The summed E-state index contributed by atoms with van der Waals surface area (Å²) in [4.78, 5) is 28.9. The number of likely N-dealkylation sites (tertiary alicyclic amines) is 1. The van der Waals surface area contributed by atoms with Crippen molar-refractivity contribution in [1.82, 2.24) is 0 Å². The molecular formula is C10H21INO6P. The Bertz CT molecular complexity index is 367. The number of aliphatic hydroxyl groups is 1. The van der Waals surface area contributed by atoms with E-state index in [1.165, 1.54) is 0 Å². The summed E-state index contributed by atoms with van der Waals surface area (Å²) in [5.74, 6) is -1.86.